The summed E-state index contributed by atoms with van der Waals surface area (Å²) in [4.78, 5) is 4.27. The molecule has 2 rings (SSSR count). The Morgan fingerprint density at radius 1 is 1.44 bits per heavy atom. The van der Waals surface area contributed by atoms with Gasteiger partial charge in [-0.25, -0.2) is 0 Å². The van der Waals surface area contributed by atoms with Crippen molar-refractivity contribution < 1.29 is 9.63 Å². The lowest BCUT2D eigenvalue weighted by molar-refractivity contribution is 0.366. The molecule has 0 saturated heterocycles. The van der Waals surface area contributed by atoms with Crippen LogP contribution in [-0.4, -0.2) is 21.3 Å². The molecule has 0 aliphatic heterocycles. The molecule has 1 aromatic carbocycles. The maximum absolute atomic E-state index is 9.39. The van der Waals surface area contributed by atoms with Gasteiger partial charge in [0.25, 0.3) is 0 Å². The molecule has 3 N–H and O–H groups in total. The van der Waals surface area contributed by atoms with Gasteiger partial charge in [0.2, 0.25) is 11.7 Å². The maximum atomic E-state index is 9.39. The summed E-state index contributed by atoms with van der Waals surface area (Å²) in [7, 11) is 0. The number of aromatic hydroxyl groups is 1. The minimum atomic E-state index is 0.0486. The van der Waals surface area contributed by atoms with Gasteiger partial charge in [-0.2, -0.15) is 4.98 Å². The van der Waals surface area contributed by atoms with E-state index < -0.39 is 0 Å². The van der Waals surface area contributed by atoms with Gasteiger partial charge >= 0.3 is 0 Å². The number of hydrogen-bond donors (Lipinski definition) is 2. The summed E-state index contributed by atoms with van der Waals surface area (Å²) in [6.45, 7) is 2.09. The standard InChI is InChI=1S/C13H17N3O2/c1-2-4-10(14)8-12-15-13(16-18-12)9-5-3-6-11(17)7-9/h3,5-7,10,17H,2,4,8,14H2,1H3. The number of phenolic OH excluding ortho intramolecular Hbond substituents is 1. The van der Waals surface area contributed by atoms with Gasteiger partial charge < -0.3 is 15.4 Å². The zero-order valence-electron chi connectivity index (χ0n) is 10.3. The first kappa shape index (κ1) is 12.6. The topological polar surface area (TPSA) is 85.2 Å². The molecule has 1 atom stereocenters. The van der Waals surface area contributed by atoms with Crippen LogP contribution in [0.3, 0.4) is 0 Å². The average molecular weight is 247 g/mol. The van der Waals surface area contributed by atoms with E-state index in [1.54, 1.807) is 18.2 Å². The highest BCUT2D eigenvalue weighted by molar-refractivity contribution is 5.56. The van der Waals surface area contributed by atoms with Crippen molar-refractivity contribution in [1.29, 1.82) is 0 Å². The van der Waals surface area contributed by atoms with Crippen molar-refractivity contribution in [2.45, 2.75) is 32.2 Å². The Morgan fingerprint density at radius 3 is 3.00 bits per heavy atom. The van der Waals surface area contributed by atoms with Crippen LogP contribution < -0.4 is 5.73 Å². The molecule has 96 valence electrons. The number of aromatic nitrogens is 2. The van der Waals surface area contributed by atoms with Crippen LogP contribution in [-0.2, 0) is 6.42 Å². The lowest BCUT2D eigenvalue weighted by Crippen LogP contribution is -2.22. The molecule has 0 aliphatic carbocycles. The molecule has 0 amide bonds. The van der Waals surface area contributed by atoms with E-state index in [1.165, 1.54) is 0 Å². The number of nitrogens with two attached hydrogens (primary N) is 1. The molecule has 5 heteroatoms. The SMILES string of the molecule is CCCC(N)Cc1nc(-c2cccc(O)c2)no1. The highest BCUT2D eigenvalue weighted by Crippen LogP contribution is 2.20. The molecule has 18 heavy (non-hydrogen) atoms. The molecule has 0 radical (unpaired) electrons. The number of hydrogen-bond acceptors (Lipinski definition) is 5. The Labute approximate surface area is 106 Å². The summed E-state index contributed by atoms with van der Waals surface area (Å²) >= 11 is 0. The van der Waals surface area contributed by atoms with Gasteiger partial charge in [-0.15, -0.1) is 0 Å². The zero-order valence-corrected chi connectivity index (χ0v) is 10.3. The fourth-order valence-electron chi connectivity index (χ4n) is 1.80. The van der Waals surface area contributed by atoms with Gasteiger partial charge in [0.15, 0.2) is 0 Å². The smallest absolute Gasteiger partial charge is 0.228 e. The van der Waals surface area contributed by atoms with Gasteiger partial charge in [0.1, 0.15) is 5.75 Å². The van der Waals surface area contributed by atoms with Gasteiger partial charge in [-0.1, -0.05) is 30.6 Å². The summed E-state index contributed by atoms with van der Waals surface area (Å²) in [5.74, 6) is 1.19. The van der Waals surface area contributed by atoms with E-state index in [1.807, 2.05) is 6.07 Å². The molecule has 5 nitrogen and oxygen atoms in total. The molecular formula is C13H17N3O2. The predicted molar refractivity (Wildman–Crippen MR) is 68.0 cm³/mol. The highest BCUT2D eigenvalue weighted by Gasteiger charge is 2.12. The molecule has 2 aromatic rings. The largest absolute Gasteiger partial charge is 0.508 e. The van der Waals surface area contributed by atoms with Crippen molar-refractivity contribution in [3.63, 3.8) is 0 Å². The highest BCUT2D eigenvalue weighted by atomic mass is 16.5. The van der Waals surface area contributed by atoms with E-state index >= 15 is 0 Å². The van der Waals surface area contributed by atoms with E-state index in [0.717, 1.165) is 18.4 Å². The third kappa shape index (κ3) is 3.07. The first-order valence-corrected chi connectivity index (χ1v) is 6.06. The van der Waals surface area contributed by atoms with E-state index in [4.69, 9.17) is 10.3 Å². The molecule has 0 bridgehead atoms. The number of benzene rings is 1. The first-order chi connectivity index (χ1) is 8.69. The second-order valence-electron chi connectivity index (χ2n) is 4.31. The fourth-order valence-corrected chi connectivity index (χ4v) is 1.80. The Kier molecular flexibility index (Phi) is 3.94. The molecule has 0 saturated carbocycles. The van der Waals surface area contributed by atoms with Crippen molar-refractivity contribution in [2.24, 2.45) is 5.73 Å². The number of rotatable bonds is 5. The van der Waals surface area contributed by atoms with Crippen LogP contribution in [0.1, 0.15) is 25.7 Å². The molecule has 0 aliphatic rings. The maximum Gasteiger partial charge on any atom is 0.228 e. The Hall–Kier alpha value is -1.88. The summed E-state index contributed by atoms with van der Waals surface area (Å²) in [6.07, 6.45) is 2.55. The van der Waals surface area contributed by atoms with Crippen LogP contribution in [0, 0.1) is 0 Å². The zero-order chi connectivity index (χ0) is 13.0. The van der Waals surface area contributed by atoms with E-state index in [9.17, 15) is 5.11 Å². The van der Waals surface area contributed by atoms with Crippen molar-refractivity contribution in [2.75, 3.05) is 0 Å². The fraction of sp³-hybridized carbons (Fsp3) is 0.385. The summed E-state index contributed by atoms with van der Waals surface area (Å²) in [6, 6.07) is 6.80. The van der Waals surface area contributed by atoms with Crippen LogP contribution in [0.15, 0.2) is 28.8 Å². The second-order valence-corrected chi connectivity index (χ2v) is 4.31. The normalized spacial score (nSPS) is 12.6. The Bertz CT molecular complexity index is 510. The van der Waals surface area contributed by atoms with Gasteiger partial charge in [0, 0.05) is 18.0 Å². The van der Waals surface area contributed by atoms with Gasteiger partial charge in [0.05, 0.1) is 0 Å². The minimum Gasteiger partial charge on any atom is -0.508 e. The van der Waals surface area contributed by atoms with Crippen molar-refractivity contribution in [3.8, 4) is 17.1 Å². The van der Waals surface area contributed by atoms with Crippen molar-refractivity contribution >= 4 is 0 Å². The molecule has 0 fully saturated rings. The predicted octanol–water partition coefficient (Wildman–Crippen LogP) is 2.11. The van der Waals surface area contributed by atoms with Gasteiger partial charge in [-0.3, -0.25) is 0 Å². The van der Waals surface area contributed by atoms with Crippen LogP contribution in [0.4, 0.5) is 0 Å². The molecule has 1 aromatic heterocycles. The molecule has 0 spiro atoms. The van der Waals surface area contributed by atoms with E-state index in [2.05, 4.69) is 17.1 Å². The van der Waals surface area contributed by atoms with Crippen molar-refractivity contribution in [3.05, 3.63) is 30.2 Å². The molecule has 1 unspecified atom stereocenters. The molecular weight excluding hydrogens is 230 g/mol. The quantitative estimate of drug-likeness (QED) is 0.845. The van der Waals surface area contributed by atoms with Gasteiger partial charge in [-0.05, 0) is 18.6 Å². The van der Waals surface area contributed by atoms with Crippen LogP contribution in [0.2, 0.25) is 0 Å². The van der Waals surface area contributed by atoms with Crippen LogP contribution in [0.25, 0.3) is 11.4 Å². The third-order valence-electron chi connectivity index (χ3n) is 2.67. The van der Waals surface area contributed by atoms with Crippen molar-refractivity contribution in [1.82, 2.24) is 10.1 Å². The summed E-state index contributed by atoms with van der Waals surface area (Å²) in [5, 5.41) is 13.3. The first-order valence-electron chi connectivity index (χ1n) is 6.06. The Balaban J connectivity index is 2.10. The van der Waals surface area contributed by atoms with E-state index in [0.29, 0.717) is 18.1 Å². The Morgan fingerprint density at radius 2 is 2.28 bits per heavy atom. The monoisotopic (exact) mass is 247 g/mol. The summed E-state index contributed by atoms with van der Waals surface area (Å²) < 4.78 is 5.15. The average Bonchev–Trinajstić information content (AvgIpc) is 2.78. The summed E-state index contributed by atoms with van der Waals surface area (Å²) in [5.41, 5.74) is 6.65. The van der Waals surface area contributed by atoms with Crippen LogP contribution >= 0.6 is 0 Å². The third-order valence-corrected chi connectivity index (χ3v) is 2.67. The number of nitrogens with zero attached hydrogens (tertiary/aromatic N) is 2. The second kappa shape index (κ2) is 5.64. The number of phenols is 1. The van der Waals surface area contributed by atoms with E-state index in [-0.39, 0.29) is 11.8 Å². The van der Waals surface area contributed by atoms with Crippen LogP contribution in [0.5, 0.6) is 5.75 Å². The minimum absolute atomic E-state index is 0.0486. The lowest BCUT2D eigenvalue weighted by atomic mass is 10.1. The molecule has 1 heterocycles. The lowest BCUT2D eigenvalue weighted by Gasteiger charge is -2.05.